The molecule has 60 valence electrons. The third-order valence-electron chi connectivity index (χ3n) is 0.796. The lowest BCUT2D eigenvalue weighted by atomic mass is 10.4. The Bertz CT molecular complexity index is 112. The van der Waals surface area contributed by atoms with Crippen molar-refractivity contribution in [1.29, 1.82) is 0 Å². The van der Waals surface area contributed by atoms with E-state index in [0.29, 0.717) is 6.61 Å². The van der Waals surface area contributed by atoms with Crippen molar-refractivity contribution in [1.82, 2.24) is 0 Å². The molecule has 0 aromatic heterocycles. The van der Waals surface area contributed by atoms with Gasteiger partial charge in [-0.2, -0.15) is 0 Å². The highest BCUT2D eigenvalue weighted by Gasteiger charge is 2.10. The van der Waals surface area contributed by atoms with Crippen molar-refractivity contribution >= 4 is 21.9 Å². The number of hydrogen-bond acceptors (Lipinski definition) is 3. The molecule has 0 aromatic carbocycles. The van der Waals surface area contributed by atoms with Crippen LogP contribution in [0, 0.1) is 0 Å². The Kier molecular flexibility index (Phi) is 4.64. The molecule has 0 aromatic rings. The summed E-state index contributed by atoms with van der Waals surface area (Å²) in [6.07, 6.45) is -1.02. The summed E-state index contributed by atoms with van der Waals surface area (Å²) in [6.45, 7) is 3.53. The second kappa shape index (κ2) is 4.68. The molecule has 0 rings (SSSR count). The van der Waals surface area contributed by atoms with Crippen LogP contribution in [-0.4, -0.2) is 28.6 Å². The Morgan fingerprint density at radius 1 is 1.70 bits per heavy atom. The number of carbonyl (C=O) groups excluding carboxylic acids is 1. The third kappa shape index (κ3) is 4.76. The molecule has 0 amide bonds. The van der Waals surface area contributed by atoms with Crippen LogP contribution in [0.4, 0.5) is 0 Å². The summed E-state index contributed by atoms with van der Waals surface area (Å²) in [6, 6.07) is 0. The van der Waals surface area contributed by atoms with Gasteiger partial charge in [-0.3, -0.25) is 0 Å². The Labute approximate surface area is 68.5 Å². The highest BCUT2D eigenvalue weighted by atomic mass is 79.9. The zero-order valence-corrected chi connectivity index (χ0v) is 7.59. The predicted octanol–water partition coefficient (Wildman–Crippen LogP) is 0.694. The van der Waals surface area contributed by atoms with Crippen LogP contribution in [0.3, 0.4) is 0 Å². The molecule has 0 aliphatic rings. The highest BCUT2D eigenvalue weighted by molar-refractivity contribution is 9.09. The lowest BCUT2D eigenvalue weighted by Crippen LogP contribution is -2.21. The number of alkyl halides is 1. The smallest absolute Gasteiger partial charge is 0.334 e. The number of carbonyl (C=O) groups is 1. The number of ether oxygens (including phenoxy) is 1. The van der Waals surface area contributed by atoms with Gasteiger partial charge in [-0.1, -0.05) is 15.9 Å². The zero-order chi connectivity index (χ0) is 8.15. The van der Waals surface area contributed by atoms with E-state index >= 15 is 0 Å². The fraction of sp³-hybridized carbons (Fsp3) is 0.833. The molecule has 0 fully saturated rings. The Morgan fingerprint density at radius 2 is 2.20 bits per heavy atom. The van der Waals surface area contributed by atoms with Gasteiger partial charge in [0.2, 0.25) is 0 Å². The molecule has 1 N–H and O–H groups in total. The van der Waals surface area contributed by atoms with Gasteiger partial charge in [0.1, 0.15) is 12.7 Å². The molecule has 3 nitrogen and oxygen atoms in total. The van der Waals surface area contributed by atoms with Gasteiger partial charge in [0.15, 0.2) is 0 Å². The van der Waals surface area contributed by atoms with Crippen LogP contribution in [0.1, 0.15) is 13.8 Å². The standard InChI is InChI=1S/C6H11BrO3/c1-4(7)3-10-6(9)5(2)8/h4-5,8H,3H2,1-2H3/t4?,5-/m0/s1. The van der Waals surface area contributed by atoms with Crippen molar-refractivity contribution in [3.8, 4) is 0 Å². The van der Waals surface area contributed by atoms with Crippen LogP contribution in [0.15, 0.2) is 0 Å². The summed E-state index contributed by atoms with van der Waals surface area (Å²) >= 11 is 3.19. The maximum absolute atomic E-state index is 10.6. The third-order valence-corrected chi connectivity index (χ3v) is 1.06. The number of aliphatic hydroxyl groups is 1. The first kappa shape index (κ1) is 9.91. The molecule has 0 aliphatic heterocycles. The average molecular weight is 211 g/mol. The molecule has 0 heterocycles. The molecule has 0 bridgehead atoms. The molecule has 0 aliphatic carbocycles. The lowest BCUT2D eigenvalue weighted by Gasteiger charge is -2.06. The summed E-state index contributed by atoms with van der Waals surface area (Å²) in [5.41, 5.74) is 0. The van der Waals surface area contributed by atoms with Crippen LogP contribution >= 0.6 is 15.9 Å². The van der Waals surface area contributed by atoms with Crippen LogP contribution in [0.25, 0.3) is 0 Å². The van der Waals surface area contributed by atoms with Crippen molar-refractivity contribution in [2.45, 2.75) is 24.8 Å². The number of hydrogen-bond donors (Lipinski definition) is 1. The molecule has 2 atom stereocenters. The fourth-order valence-electron chi connectivity index (χ4n) is 0.318. The normalized spacial score (nSPS) is 16.0. The molecule has 10 heavy (non-hydrogen) atoms. The maximum Gasteiger partial charge on any atom is 0.334 e. The van der Waals surface area contributed by atoms with Gasteiger partial charge in [0.05, 0.1) is 0 Å². The van der Waals surface area contributed by atoms with E-state index in [1.807, 2.05) is 6.92 Å². The van der Waals surface area contributed by atoms with E-state index in [9.17, 15) is 4.79 Å². The minimum absolute atomic E-state index is 0.134. The van der Waals surface area contributed by atoms with Gasteiger partial charge in [-0.15, -0.1) is 0 Å². The second-order valence-corrected chi connectivity index (χ2v) is 3.65. The van der Waals surface area contributed by atoms with Gasteiger partial charge in [0.25, 0.3) is 0 Å². The summed E-state index contributed by atoms with van der Waals surface area (Å²) in [5.74, 6) is -0.577. The molecule has 0 spiro atoms. The van der Waals surface area contributed by atoms with E-state index < -0.39 is 12.1 Å². The first-order valence-electron chi connectivity index (χ1n) is 3.02. The van der Waals surface area contributed by atoms with Gasteiger partial charge in [-0.25, -0.2) is 4.79 Å². The van der Waals surface area contributed by atoms with Gasteiger partial charge in [0, 0.05) is 4.83 Å². The topological polar surface area (TPSA) is 46.5 Å². The van der Waals surface area contributed by atoms with E-state index in [-0.39, 0.29) is 4.83 Å². The largest absolute Gasteiger partial charge is 0.463 e. The predicted molar refractivity (Wildman–Crippen MR) is 41.0 cm³/mol. The van der Waals surface area contributed by atoms with E-state index in [0.717, 1.165) is 0 Å². The van der Waals surface area contributed by atoms with E-state index in [1.165, 1.54) is 6.92 Å². The Morgan fingerprint density at radius 3 is 2.50 bits per heavy atom. The quantitative estimate of drug-likeness (QED) is 0.551. The zero-order valence-electron chi connectivity index (χ0n) is 6.00. The van der Waals surface area contributed by atoms with Crippen molar-refractivity contribution in [2.75, 3.05) is 6.61 Å². The van der Waals surface area contributed by atoms with E-state index in [1.54, 1.807) is 0 Å². The first-order valence-corrected chi connectivity index (χ1v) is 3.94. The SMILES string of the molecule is CC(Br)COC(=O)[C@H](C)O. The molecule has 0 saturated carbocycles. The number of halogens is 1. The number of esters is 1. The molecular formula is C6H11BrO3. The molecule has 1 unspecified atom stereocenters. The van der Waals surface area contributed by atoms with Crippen LogP contribution in [0.5, 0.6) is 0 Å². The van der Waals surface area contributed by atoms with Crippen molar-refractivity contribution in [3.63, 3.8) is 0 Å². The number of rotatable bonds is 3. The van der Waals surface area contributed by atoms with Gasteiger partial charge in [-0.05, 0) is 13.8 Å². The van der Waals surface area contributed by atoms with Gasteiger partial charge < -0.3 is 9.84 Å². The van der Waals surface area contributed by atoms with Crippen molar-refractivity contribution < 1.29 is 14.6 Å². The van der Waals surface area contributed by atoms with E-state index in [2.05, 4.69) is 20.7 Å². The number of aliphatic hydroxyl groups excluding tert-OH is 1. The first-order chi connectivity index (χ1) is 4.54. The second-order valence-electron chi connectivity index (χ2n) is 2.09. The minimum Gasteiger partial charge on any atom is -0.463 e. The Hall–Kier alpha value is -0.0900. The maximum atomic E-state index is 10.6. The van der Waals surface area contributed by atoms with E-state index in [4.69, 9.17) is 5.11 Å². The average Bonchev–Trinajstić information content (AvgIpc) is 1.82. The molecule has 0 radical (unpaired) electrons. The van der Waals surface area contributed by atoms with Crippen molar-refractivity contribution in [3.05, 3.63) is 0 Å². The summed E-state index contributed by atoms with van der Waals surface area (Å²) in [4.78, 5) is 10.7. The summed E-state index contributed by atoms with van der Waals surface area (Å²) in [7, 11) is 0. The Balaban J connectivity index is 3.40. The highest BCUT2D eigenvalue weighted by Crippen LogP contribution is 1.98. The lowest BCUT2D eigenvalue weighted by molar-refractivity contribution is -0.152. The fourth-order valence-corrected chi connectivity index (χ4v) is 0.450. The monoisotopic (exact) mass is 210 g/mol. The molecule has 0 saturated heterocycles. The van der Waals surface area contributed by atoms with Gasteiger partial charge >= 0.3 is 5.97 Å². The summed E-state index contributed by atoms with van der Waals surface area (Å²) < 4.78 is 4.63. The van der Waals surface area contributed by atoms with Crippen molar-refractivity contribution in [2.24, 2.45) is 0 Å². The van der Waals surface area contributed by atoms with Crippen LogP contribution in [-0.2, 0) is 9.53 Å². The molecule has 4 heteroatoms. The summed E-state index contributed by atoms with van der Waals surface area (Å²) in [5, 5.41) is 8.64. The van der Waals surface area contributed by atoms with Crippen LogP contribution < -0.4 is 0 Å². The minimum atomic E-state index is -1.02. The van der Waals surface area contributed by atoms with Crippen LogP contribution in [0.2, 0.25) is 0 Å². The molecular weight excluding hydrogens is 200 g/mol.